The molecule has 2 rings (SSSR count). The Kier molecular flexibility index (Phi) is 4.50. The Bertz CT molecular complexity index is 580. The van der Waals surface area contributed by atoms with Gasteiger partial charge >= 0.3 is 0 Å². The summed E-state index contributed by atoms with van der Waals surface area (Å²) in [5.74, 6) is -0.112. The van der Waals surface area contributed by atoms with Crippen LogP contribution in [0.2, 0.25) is 5.02 Å². The fraction of sp³-hybridized carbons (Fsp3) is 0.308. The highest BCUT2D eigenvalue weighted by Gasteiger charge is 2.13. The maximum Gasteiger partial charge on any atom is 0.261 e. The highest BCUT2D eigenvalue weighted by atomic mass is 35.5. The zero-order chi connectivity index (χ0) is 13.8. The molecule has 102 valence electrons. The number of furan rings is 1. The number of ketones is 1. The second-order valence-electron chi connectivity index (χ2n) is 3.93. The minimum Gasteiger partial charge on any atom is -0.453 e. The normalized spacial score (nSPS) is 11.4. The molecular formula is C13H11ClF2O3. The van der Waals surface area contributed by atoms with Crippen molar-refractivity contribution >= 4 is 28.4 Å². The summed E-state index contributed by atoms with van der Waals surface area (Å²) < 4.78 is 33.6. The molecule has 3 nitrogen and oxygen atoms in total. The molecule has 0 atom stereocenters. The molecule has 1 aromatic carbocycles. The Hall–Kier alpha value is -1.46. The third kappa shape index (κ3) is 3.75. The van der Waals surface area contributed by atoms with E-state index in [0.717, 1.165) is 5.39 Å². The van der Waals surface area contributed by atoms with Gasteiger partial charge in [0.25, 0.3) is 6.43 Å². The van der Waals surface area contributed by atoms with Gasteiger partial charge < -0.3 is 9.15 Å². The van der Waals surface area contributed by atoms with Crippen LogP contribution in [0.15, 0.2) is 28.7 Å². The summed E-state index contributed by atoms with van der Waals surface area (Å²) in [6.07, 6.45) is -2.52. The molecule has 0 saturated carbocycles. The molecule has 0 saturated heterocycles. The summed E-state index contributed by atoms with van der Waals surface area (Å²) in [4.78, 5) is 11.7. The Labute approximate surface area is 113 Å². The van der Waals surface area contributed by atoms with Crippen LogP contribution in [0, 0.1) is 0 Å². The first kappa shape index (κ1) is 14.0. The number of hydrogen-bond donors (Lipinski definition) is 0. The van der Waals surface area contributed by atoms with Gasteiger partial charge in [0.1, 0.15) is 12.2 Å². The van der Waals surface area contributed by atoms with Crippen molar-refractivity contribution in [2.24, 2.45) is 0 Å². The molecule has 1 heterocycles. The van der Waals surface area contributed by atoms with Gasteiger partial charge in [-0.15, -0.1) is 0 Å². The van der Waals surface area contributed by atoms with Crippen molar-refractivity contribution < 1.29 is 22.7 Å². The molecule has 0 fully saturated rings. The topological polar surface area (TPSA) is 39.4 Å². The number of carbonyl (C=O) groups is 1. The standard InChI is InChI=1S/C13H11ClF2O3/c14-9-1-2-11-8(5-9)6-12(19-11)10(17)3-4-18-7-13(15)16/h1-2,5-6,13H,3-4,7H2. The van der Waals surface area contributed by atoms with Crippen LogP contribution in [0.5, 0.6) is 0 Å². The highest BCUT2D eigenvalue weighted by Crippen LogP contribution is 2.23. The van der Waals surface area contributed by atoms with Gasteiger partial charge in [-0.1, -0.05) is 11.6 Å². The smallest absolute Gasteiger partial charge is 0.261 e. The van der Waals surface area contributed by atoms with E-state index in [1.807, 2.05) is 0 Å². The lowest BCUT2D eigenvalue weighted by Gasteiger charge is -2.01. The summed E-state index contributed by atoms with van der Waals surface area (Å²) >= 11 is 5.82. The van der Waals surface area contributed by atoms with Crippen molar-refractivity contribution in [3.63, 3.8) is 0 Å². The van der Waals surface area contributed by atoms with Gasteiger partial charge in [-0.05, 0) is 24.3 Å². The van der Waals surface area contributed by atoms with Crippen molar-refractivity contribution in [1.29, 1.82) is 0 Å². The van der Waals surface area contributed by atoms with Crippen LogP contribution in [-0.2, 0) is 4.74 Å². The number of halogens is 3. The van der Waals surface area contributed by atoms with Crippen LogP contribution in [0.4, 0.5) is 8.78 Å². The van der Waals surface area contributed by atoms with E-state index in [4.69, 9.17) is 16.0 Å². The Morgan fingerprint density at radius 3 is 2.89 bits per heavy atom. The lowest BCUT2D eigenvalue weighted by atomic mass is 10.2. The average molecular weight is 289 g/mol. The predicted octanol–water partition coefficient (Wildman–Crippen LogP) is 3.94. The summed E-state index contributed by atoms with van der Waals surface area (Å²) in [5, 5.41) is 1.27. The molecule has 0 N–H and O–H groups in total. The molecule has 2 aromatic rings. The van der Waals surface area contributed by atoms with Gasteiger partial charge in [-0.25, -0.2) is 8.78 Å². The first-order valence-electron chi connectivity index (χ1n) is 5.64. The number of carbonyl (C=O) groups excluding carboxylic acids is 1. The maximum absolute atomic E-state index is 11.8. The number of alkyl halides is 2. The second kappa shape index (κ2) is 6.12. The minimum atomic E-state index is -2.52. The monoisotopic (exact) mass is 288 g/mol. The molecule has 0 spiro atoms. The van der Waals surface area contributed by atoms with E-state index in [9.17, 15) is 13.6 Å². The molecule has 1 aromatic heterocycles. The van der Waals surface area contributed by atoms with E-state index in [-0.39, 0.29) is 24.6 Å². The minimum absolute atomic E-state index is 0.000272. The first-order valence-corrected chi connectivity index (χ1v) is 6.02. The lowest BCUT2D eigenvalue weighted by Crippen LogP contribution is -2.09. The van der Waals surface area contributed by atoms with Gasteiger partial charge in [0.15, 0.2) is 11.5 Å². The van der Waals surface area contributed by atoms with Gasteiger partial charge in [0, 0.05) is 16.8 Å². The summed E-state index contributed by atoms with van der Waals surface area (Å²) in [6.45, 7) is -0.718. The molecule has 6 heteroatoms. The molecule has 0 amide bonds. The Balaban J connectivity index is 1.97. The third-order valence-electron chi connectivity index (χ3n) is 2.47. The number of Topliss-reactive ketones (excluding diaryl/α,β-unsaturated/α-hetero) is 1. The summed E-state index contributed by atoms with van der Waals surface area (Å²) in [7, 11) is 0. The van der Waals surface area contributed by atoms with E-state index < -0.39 is 13.0 Å². The van der Waals surface area contributed by atoms with Crippen LogP contribution in [0.3, 0.4) is 0 Å². The lowest BCUT2D eigenvalue weighted by molar-refractivity contribution is 0.0167. The van der Waals surface area contributed by atoms with Gasteiger partial charge in [0.05, 0.1) is 6.61 Å². The maximum atomic E-state index is 11.8. The zero-order valence-electron chi connectivity index (χ0n) is 9.87. The number of rotatable bonds is 6. The van der Waals surface area contributed by atoms with Crippen molar-refractivity contribution in [3.8, 4) is 0 Å². The second-order valence-corrected chi connectivity index (χ2v) is 4.37. The fourth-order valence-corrected chi connectivity index (χ4v) is 1.79. The third-order valence-corrected chi connectivity index (χ3v) is 2.71. The van der Waals surface area contributed by atoms with Crippen molar-refractivity contribution in [3.05, 3.63) is 35.0 Å². The molecule has 0 aliphatic heterocycles. The zero-order valence-corrected chi connectivity index (χ0v) is 10.6. The number of fused-ring (bicyclic) bond motifs is 1. The molecule has 0 bridgehead atoms. The van der Waals surface area contributed by atoms with Crippen LogP contribution in [0.25, 0.3) is 11.0 Å². The van der Waals surface area contributed by atoms with Crippen molar-refractivity contribution in [2.45, 2.75) is 12.8 Å². The number of benzene rings is 1. The summed E-state index contributed by atoms with van der Waals surface area (Å²) in [5.41, 5.74) is 0.557. The number of hydrogen-bond acceptors (Lipinski definition) is 3. The fourth-order valence-electron chi connectivity index (χ4n) is 1.61. The molecule has 19 heavy (non-hydrogen) atoms. The molecule has 0 unspecified atom stereocenters. The van der Waals surface area contributed by atoms with E-state index in [1.54, 1.807) is 24.3 Å². The molecule has 0 radical (unpaired) electrons. The average Bonchev–Trinajstić information content (AvgIpc) is 2.77. The quantitative estimate of drug-likeness (QED) is 0.597. The van der Waals surface area contributed by atoms with Gasteiger partial charge in [-0.2, -0.15) is 0 Å². The molecular weight excluding hydrogens is 278 g/mol. The SMILES string of the molecule is O=C(CCOCC(F)F)c1cc2cc(Cl)ccc2o1. The largest absolute Gasteiger partial charge is 0.453 e. The van der Waals surface area contributed by atoms with Crippen molar-refractivity contribution in [2.75, 3.05) is 13.2 Å². The molecule has 0 aliphatic carbocycles. The van der Waals surface area contributed by atoms with Crippen LogP contribution < -0.4 is 0 Å². The van der Waals surface area contributed by atoms with Crippen molar-refractivity contribution in [1.82, 2.24) is 0 Å². The van der Waals surface area contributed by atoms with Crippen LogP contribution >= 0.6 is 11.6 Å². The Morgan fingerprint density at radius 1 is 1.37 bits per heavy atom. The predicted molar refractivity (Wildman–Crippen MR) is 67.0 cm³/mol. The van der Waals surface area contributed by atoms with E-state index in [2.05, 4.69) is 4.74 Å². The number of ether oxygens (including phenoxy) is 1. The van der Waals surface area contributed by atoms with E-state index >= 15 is 0 Å². The van der Waals surface area contributed by atoms with Crippen LogP contribution in [-0.4, -0.2) is 25.4 Å². The summed E-state index contributed by atoms with van der Waals surface area (Å²) in [6, 6.07) is 6.59. The van der Waals surface area contributed by atoms with E-state index in [0.29, 0.717) is 10.6 Å². The van der Waals surface area contributed by atoms with Gasteiger partial charge in [0.2, 0.25) is 0 Å². The van der Waals surface area contributed by atoms with Crippen LogP contribution in [0.1, 0.15) is 17.0 Å². The van der Waals surface area contributed by atoms with E-state index in [1.165, 1.54) is 0 Å². The highest BCUT2D eigenvalue weighted by molar-refractivity contribution is 6.31. The Morgan fingerprint density at radius 2 is 2.16 bits per heavy atom. The molecule has 0 aliphatic rings. The first-order chi connectivity index (χ1) is 9.06. The van der Waals surface area contributed by atoms with Gasteiger partial charge in [-0.3, -0.25) is 4.79 Å².